The molecule has 10 N–H and O–H groups in total. The number of hydrogen-bond donors (Lipinski definition) is 8. The van der Waals surface area contributed by atoms with E-state index in [0.29, 0.717) is 19.3 Å². The molecule has 1 aliphatic heterocycles. The number of nitrogens with one attached hydrogen (secondary N) is 5. The summed E-state index contributed by atoms with van der Waals surface area (Å²) in [6.07, 6.45) is 4.01. The molecule has 1 spiro atoms. The molecule has 1 aliphatic carbocycles. The van der Waals surface area contributed by atoms with Gasteiger partial charge in [-0.15, -0.1) is 0 Å². The van der Waals surface area contributed by atoms with E-state index in [2.05, 4.69) is 31.6 Å². The zero-order valence-corrected chi connectivity index (χ0v) is 25.3. The van der Waals surface area contributed by atoms with Gasteiger partial charge in [-0.1, -0.05) is 49.6 Å². The standard InChI is InChI=1S/C30H44N8O7/c31-29(32)33-13-7-10-20-26(43)34-17-24(40)37-22(15-25(41)42)28(45)38-21(14-19-8-3-1-4-9-19)27(44)35-18-30(16-23(39)36-20)11-5-2-6-12-30/h1,3-4,8-9,20-22H,2,5-7,10-18H2,(H,34,43)(H,35,44)(H,36,39)(H,37,40)(H,38,45)(H,41,42)(H4,31,32,33)/t20-,21+,22-/m0/s1. The summed E-state index contributed by atoms with van der Waals surface area (Å²) in [5.74, 6) is -4.67. The highest BCUT2D eigenvalue weighted by Crippen LogP contribution is 2.39. The fourth-order valence-corrected chi connectivity index (χ4v) is 5.73. The Labute approximate surface area is 261 Å². The average Bonchev–Trinajstić information content (AvgIpc) is 2.99. The molecule has 15 heteroatoms. The largest absolute Gasteiger partial charge is 0.481 e. The van der Waals surface area contributed by atoms with Crippen LogP contribution in [-0.2, 0) is 35.2 Å². The van der Waals surface area contributed by atoms with E-state index >= 15 is 0 Å². The SMILES string of the molecule is NC(N)=NCCC[C@@H]1NC(=O)CC2(CCCCC2)CNC(=O)[C@@H](Cc2ccccc2)NC(=O)[C@H](CC(=O)O)NC(=O)CNC1=O. The lowest BCUT2D eigenvalue weighted by Crippen LogP contribution is -2.56. The van der Waals surface area contributed by atoms with Crippen molar-refractivity contribution < 1.29 is 33.9 Å². The van der Waals surface area contributed by atoms with Crippen LogP contribution in [0.2, 0.25) is 0 Å². The highest BCUT2D eigenvalue weighted by atomic mass is 16.4. The average molecular weight is 629 g/mol. The molecular formula is C30H44N8O7. The van der Waals surface area contributed by atoms with Crippen molar-refractivity contribution in [3.05, 3.63) is 35.9 Å². The Balaban J connectivity index is 1.91. The number of rotatable bonds is 8. The van der Waals surface area contributed by atoms with Crippen LogP contribution >= 0.6 is 0 Å². The van der Waals surface area contributed by atoms with Crippen LogP contribution in [0.15, 0.2) is 35.3 Å². The summed E-state index contributed by atoms with van der Waals surface area (Å²) >= 11 is 0. The number of carboxylic acid groups (broad SMARTS) is 1. The molecule has 0 radical (unpaired) electrons. The van der Waals surface area contributed by atoms with Gasteiger partial charge in [0.15, 0.2) is 5.96 Å². The van der Waals surface area contributed by atoms with E-state index in [1.54, 1.807) is 24.3 Å². The maximum absolute atomic E-state index is 13.6. The molecule has 5 amide bonds. The predicted octanol–water partition coefficient (Wildman–Crippen LogP) is -1.20. The minimum atomic E-state index is -1.52. The van der Waals surface area contributed by atoms with E-state index in [1.165, 1.54) is 0 Å². The fraction of sp³-hybridized carbons (Fsp3) is 0.567. The number of aliphatic carboxylic acids is 1. The number of nitrogens with zero attached hydrogens (tertiary/aromatic N) is 1. The molecule has 246 valence electrons. The van der Waals surface area contributed by atoms with Crippen LogP contribution in [0.4, 0.5) is 0 Å². The van der Waals surface area contributed by atoms with Crippen LogP contribution in [-0.4, -0.2) is 84.3 Å². The second kappa shape index (κ2) is 17.0. The van der Waals surface area contributed by atoms with E-state index in [-0.39, 0.29) is 44.2 Å². The molecule has 0 unspecified atom stereocenters. The first-order chi connectivity index (χ1) is 21.5. The molecule has 3 rings (SSSR count). The molecule has 0 bridgehead atoms. The summed E-state index contributed by atoms with van der Waals surface area (Å²) in [7, 11) is 0. The second-order valence-corrected chi connectivity index (χ2v) is 11.7. The van der Waals surface area contributed by atoms with Crippen molar-refractivity contribution in [2.45, 2.75) is 82.3 Å². The summed E-state index contributed by atoms with van der Waals surface area (Å²) in [5, 5.41) is 22.5. The molecule has 1 saturated carbocycles. The monoisotopic (exact) mass is 628 g/mol. The smallest absolute Gasteiger partial charge is 0.305 e. The number of nitrogens with two attached hydrogens (primary N) is 2. The molecule has 1 aromatic rings. The third-order valence-electron chi connectivity index (χ3n) is 8.05. The van der Waals surface area contributed by atoms with Crippen LogP contribution in [0, 0.1) is 5.41 Å². The number of carbonyl (C=O) groups excluding carboxylic acids is 5. The molecule has 3 atom stereocenters. The molecule has 2 fully saturated rings. The van der Waals surface area contributed by atoms with Gasteiger partial charge in [0.1, 0.15) is 18.1 Å². The van der Waals surface area contributed by atoms with Gasteiger partial charge in [0.25, 0.3) is 0 Å². The van der Waals surface area contributed by atoms with Crippen LogP contribution in [0.3, 0.4) is 0 Å². The van der Waals surface area contributed by atoms with Gasteiger partial charge in [-0.3, -0.25) is 33.8 Å². The van der Waals surface area contributed by atoms with Crippen LogP contribution in [0.1, 0.15) is 63.4 Å². The van der Waals surface area contributed by atoms with Gasteiger partial charge in [0, 0.05) is 25.9 Å². The lowest BCUT2D eigenvalue weighted by Gasteiger charge is -2.37. The third-order valence-corrected chi connectivity index (χ3v) is 8.05. The van der Waals surface area contributed by atoms with Gasteiger partial charge in [-0.2, -0.15) is 0 Å². The third kappa shape index (κ3) is 11.7. The van der Waals surface area contributed by atoms with Gasteiger partial charge >= 0.3 is 5.97 Å². The molecule has 0 aromatic heterocycles. The first-order valence-corrected chi connectivity index (χ1v) is 15.2. The minimum absolute atomic E-state index is 0.0574. The highest BCUT2D eigenvalue weighted by molar-refractivity contribution is 5.96. The maximum Gasteiger partial charge on any atom is 0.305 e. The number of benzene rings is 1. The second-order valence-electron chi connectivity index (χ2n) is 11.7. The van der Waals surface area contributed by atoms with Crippen molar-refractivity contribution in [1.82, 2.24) is 26.6 Å². The van der Waals surface area contributed by atoms with E-state index in [0.717, 1.165) is 24.8 Å². The quantitative estimate of drug-likeness (QED) is 0.0977. The molecule has 2 aliphatic rings. The van der Waals surface area contributed by atoms with Gasteiger partial charge in [0.2, 0.25) is 29.5 Å². The number of guanidine groups is 1. The number of carboxylic acids is 1. The van der Waals surface area contributed by atoms with Crippen molar-refractivity contribution >= 4 is 41.5 Å². The Morgan fingerprint density at radius 1 is 0.844 bits per heavy atom. The zero-order valence-electron chi connectivity index (χ0n) is 25.3. The van der Waals surface area contributed by atoms with E-state index in [1.807, 2.05) is 6.07 Å². The van der Waals surface area contributed by atoms with E-state index in [9.17, 15) is 33.9 Å². The Kier molecular flexibility index (Phi) is 13.1. The predicted molar refractivity (Wildman–Crippen MR) is 164 cm³/mol. The van der Waals surface area contributed by atoms with Crippen molar-refractivity contribution in [2.75, 3.05) is 19.6 Å². The van der Waals surface area contributed by atoms with Crippen molar-refractivity contribution in [1.29, 1.82) is 0 Å². The summed E-state index contributed by atoms with van der Waals surface area (Å²) in [4.78, 5) is 81.6. The summed E-state index contributed by atoms with van der Waals surface area (Å²) in [6, 6.07) is 5.36. The molecular weight excluding hydrogens is 584 g/mol. The van der Waals surface area contributed by atoms with Crippen molar-refractivity contribution in [3.8, 4) is 0 Å². The molecule has 1 saturated heterocycles. The molecule has 15 nitrogen and oxygen atoms in total. The Morgan fingerprint density at radius 2 is 1.51 bits per heavy atom. The summed E-state index contributed by atoms with van der Waals surface area (Å²) in [5.41, 5.74) is 10.9. The number of hydrogen-bond acceptors (Lipinski definition) is 7. The Bertz CT molecular complexity index is 1250. The summed E-state index contributed by atoms with van der Waals surface area (Å²) in [6.45, 7) is -0.202. The molecule has 1 heterocycles. The van der Waals surface area contributed by atoms with Crippen LogP contribution in [0.25, 0.3) is 0 Å². The van der Waals surface area contributed by atoms with Gasteiger partial charge < -0.3 is 43.2 Å². The van der Waals surface area contributed by atoms with E-state index in [4.69, 9.17) is 11.5 Å². The lowest BCUT2D eigenvalue weighted by atomic mass is 9.71. The van der Waals surface area contributed by atoms with Crippen molar-refractivity contribution in [3.63, 3.8) is 0 Å². The van der Waals surface area contributed by atoms with Crippen molar-refractivity contribution in [2.24, 2.45) is 21.9 Å². The lowest BCUT2D eigenvalue weighted by molar-refractivity contribution is -0.141. The van der Waals surface area contributed by atoms with Crippen LogP contribution < -0.4 is 38.1 Å². The highest BCUT2D eigenvalue weighted by Gasteiger charge is 2.37. The number of carbonyl (C=O) groups is 6. The Hall–Kier alpha value is -4.69. The Morgan fingerprint density at radius 3 is 2.18 bits per heavy atom. The first kappa shape index (κ1) is 34.8. The molecule has 1 aromatic carbocycles. The first-order valence-electron chi connectivity index (χ1n) is 15.2. The minimum Gasteiger partial charge on any atom is -0.481 e. The van der Waals surface area contributed by atoms with Gasteiger partial charge in [-0.05, 0) is 36.7 Å². The van der Waals surface area contributed by atoms with Crippen LogP contribution in [0.5, 0.6) is 0 Å². The van der Waals surface area contributed by atoms with E-state index < -0.39 is 66.1 Å². The fourth-order valence-electron chi connectivity index (χ4n) is 5.73. The normalized spacial score (nSPS) is 23.4. The number of aliphatic imine (C=N–C) groups is 1. The number of amides is 5. The summed E-state index contributed by atoms with van der Waals surface area (Å²) < 4.78 is 0. The molecule has 45 heavy (non-hydrogen) atoms. The zero-order chi connectivity index (χ0) is 32.8. The van der Waals surface area contributed by atoms with Gasteiger partial charge in [0.05, 0.1) is 13.0 Å². The maximum atomic E-state index is 13.6. The van der Waals surface area contributed by atoms with Gasteiger partial charge in [-0.25, -0.2) is 0 Å². The topological polar surface area (TPSA) is 247 Å².